The number of carbonyl (C=O) groups is 2. The van der Waals surface area contributed by atoms with Gasteiger partial charge in [-0.1, -0.05) is 0 Å². The molecule has 2 amide bonds. The molecule has 1 aromatic heterocycles. The molecule has 0 saturated heterocycles. The van der Waals surface area contributed by atoms with Crippen LogP contribution in [0.4, 0.5) is 5.69 Å². The van der Waals surface area contributed by atoms with E-state index in [4.69, 9.17) is 9.47 Å². The predicted molar refractivity (Wildman–Crippen MR) is 120 cm³/mol. The van der Waals surface area contributed by atoms with Crippen LogP contribution in [0.15, 0.2) is 59.4 Å². The van der Waals surface area contributed by atoms with Gasteiger partial charge in [-0.05, 0) is 61.4 Å². The van der Waals surface area contributed by atoms with Crippen molar-refractivity contribution >= 4 is 17.5 Å². The topological polar surface area (TPSA) is 112 Å². The number of nitrogens with one attached hydrogen (secondary N) is 2. The van der Waals surface area contributed by atoms with Gasteiger partial charge in [-0.2, -0.15) is 5.10 Å². The summed E-state index contributed by atoms with van der Waals surface area (Å²) in [5.41, 5.74) is 1.95. The van der Waals surface area contributed by atoms with Crippen LogP contribution < -0.4 is 25.7 Å². The highest BCUT2D eigenvalue weighted by atomic mass is 16.6. The van der Waals surface area contributed by atoms with Crippen LogP contribution in [0, 0.1) is 0 Å². The largest absolute Gasteiger partial charge is 0.486 e. The second-order valence-corrected chi connectivity index (χ2v) is 7.95. The number of anilines is 1. The van der Waals surface area contributed by atoms with Crippen molar-refractivity contribution in [3.05, 3.63) is 70.5 Å². The molecule has 0 radical (unpaired) electrons. The Labute approximate surface area is 189 Å². The van der Waals surface area contributed by atoms with E-state index in [2.05, 4.69) is 15.7 Å². The lowest BCUT2D eigenvalue weighted by atomic mass is 10.1. The molecular weight excluding hydrogens is 424 g/mol. The summed E-state index contributed by atoms with van der Waals surface area (Å²) in [6.07, 6.45) is 2.03. The molecule has 1 aliphatic heterocycles. The highest BCUT2D eigenvalue weighted by molar-refractivity contribution is 5.96. The predicted octanol–water partition coefficient (Wildman–Crippen LogP) is 2.21. The fourth-order valence-corrected chi connectivity index (χ4v) is 3.46. The highest BCUT2D eigenvalue weighted by Gasteiger charge is 2.23. The minimum absolute atomic E-state index is 0.123. The summed E-state index contributed by atoms with van der Waals surface area (Å²) in [6, 6.07) is 15.3. The minimum atomic E-state index is -0.404. The van der Waals surface area contributed by atoms with E-state index in [0.717, 1.165) is 23.1 Å². The molecule has 2 heterocycles. The third kappa shape index (κ3) is 4.87. The van der Waals surface area contributed by atoms with Crippen molar-refractivity contribution in [3.8, 4) is 22.8 Å². The third-order valence-electron chi connectivity index (χ3n) is 5.34. The zero-order valence-corrected chi connectivity index (χ0v) is 17.7. The fourth-order valence-electron chi connectivity index (χ4n) is 3.46. The summed E-state index contributed by atoms with van der Waals surface area (Å²) in [5.74, 6) is 0.750. The molecule has 33 heavy (non-hydrogen) atoms. The van der Waals surface area contributed by atoms with Gasteiger partial charge in [-0.25, -0.2) is 4.68 Å². The lowest BCUT2D eigenvalue weighted by Crippen LogP contribution is -2.29. The van der Waals surface area contributed by atoms with Crippen molar-refractivity contribution in [1.82, 2.24) is 15.1 Å². The van der Waals surface area contributed by atoms with Gasteiger partial charge in [0.2, 0.25) is 5.91 Å². The molecule has 0 bridgehead atoms. The van der Waals surface area contributed by atoms with Gasteiger partial charge in [0.25, 0.3) is 11.5 Å². The zero-order valence-electron chi connectivity index (χ0n) is 17.7. The molecular formula is C24H22N4O5. The van der Waals surface area contributed by atoms with Gasteiger partial charge >= 0.3 is 0 Å². The quantitative estimate of drug-likeness (QED) is 0.601. The number of aromatic nitrogens is 2. The van der Waals surface area contributed by atoms with Crippen LogP contribution in [0.1, 0.15) is 23.2 Å². The molecule has 9 nitrogen and oxygen atoms in total. The Bertz CT molecular complexity index is 1260. The van der Waals surface area contributed by atoms with E-state index in [9.17, 15) is 14.4 Å². The Morgan fingerprint density at radius 3 is 2.48 bits per heavy atom. The maximum Gasteiger partial charge on any atom is 0.267 e. The Morgan fingerprint density at radius 1 is 0.970 bits per heavy atom. The number of fused-ring (bicyclic) bond motifs is 1. The number of rotatable bonds is 6. The number of amides is 2. The third-order valence-corrected chi connectivity index (χ3v) is 5.34. The molecule has 2 aromatic carbocycles. The fraction of sp³-hybridized carbons (Fsp3) is 0.250. The van der Waals surface area contributed by atoms with E-state index < -0.39 is 11.5 Å². The molecule has 0 unspecified atom stereocenters. The van der Waals surface area contributed by atoms with Crippen LogP contribution in [0.2, 0.25) is 0 Å². The normalized spacial score (nSPS) is 14.4. The average molecular weight is 446 g/mol. The van der Waals surface area contributed by atoms with Crippen molar-refractivity contribution in [3.63, 3.8) is 0 Å². The van der Waals surface area contributed by atoms with Gasteiger partial charge in [0, 0.05) is 28.9 Å². The van der Waals surface area contributed by atoms with Crippen LogP contribution in [-0.4, -0.2) is 40.9 Å². The maximum atomic E-state index is 12.5. The number of benzene rings is 2. The van der Waals surface area contributed by atoms with E-state index in [0.29, 0.717) is 41.7 Å². The monoisotopic (exact) mass is 446 g/mol. The van der Waals surface area contributed by atoms with Crippen LogP contribution in [-0.2, 0) is 11.3 Å². The van der Waals surface area contributed by atoms with Crippen LogP contribution in [0.5, 0.6) is 11.5 Å². The number of carbonyl (C=O) groups excluding carboxylic acids is 2. The van der Waals surface area contributed by atoms with Crippen molar-refractivity contribution in [1.29, 1.82) is 0 Å². The first-order chi connectivity index (χ1) is 16.0. The van der Waals surface area contributed by atoms with Crippen LogP contribution >= 0.6 is 0 Å². The first kappa shape index (κ1) is 20.7. The smallest absolute Gasteiger partial charge is 0.267 e. The number of nitrogens with zero attached hydrogens (tertiary/aromatic N) is 2. The summed E-state index contributed by atoms with van der Waals surface area (Å²) in [7, 11) is 0. The Hall–Kier alpha value is -4.14. The Kier molecular flexibility index (Phi) is 5.52. The van der Waals surface area contributed by atoms with Crippen LogP contribution in [0.25, 0.3) is 11.3 Å². The number of hydrogen-bond acceptors (Lipinski definition) is 6. The molecule has 1 saturated carbocycles. The van der Waals surface area contributed by atoms with E-state index in [1.54, 1.807) is 42.5 Å². The average Bonchev–Trinajstić information content (AvgIpc) is 3.64. The van der Waals surface area contributed by atoms with Gasteiger partial charge in [0.1, 0.15) is 19.8 Å². The summed E-state index contributed by atoms with van der Waals surface area (Å²) in [5, 5.41) is 9.99. The van der Waals surface area contributed by atoms with E-state index >= 15 is 0 Å². The Balaban J connectivity index is 1.26. The summed E-state index contributed by atoms with van der Waals surface area (Å²) >= 11 is 0. The molecule has 5 rings (SSSR count). The zero-order chi connectivity index (χ0) is 22.8. The first-order valence-electron chi connectivity index (χ1n) is 10.7. The summed E-state index contributed by atoms with van der Waals surface area (Å²) < 4.78 is 12.2. The minimum Gasteiger partial charge on any atom is -0.486 e. The number of ether oxygens (including phenoxy) is 2. The molecule has 9 heteroatoms. The highest BCUT2D eigenvalue weighted by Crippen LogP contribution is 2.33. The van der Waals surface area contributed by atoms with Gasteiger partial charge in [0.05, 0.1) is 5.69 Å². The molecule has 2 aliphatic rings. The van der Waals surface area contributed by atoms with Gasteiger partial charge < -0.3 is 20.1 Å². The second kappa shape index (κ2) is 8.78. The summed E-state index contributed by atoms with van der Waals surface area (Å²) in [6.45, 7) is 0.720. The summed E-state index contributed by atoms with van der Waals surface area (Å²) in [4.78, 5) is 36.9. The van der Waals surface area contributed by atoms with Gasteiger partial charge in [-0.3, -0.25) is 14.4 Å². The lowest BCUT2D eigenvalue weighted by Gasteiger charge is -2.18. The first-order valence-corrected chi connectivity index (χ1v) is 10.7. The van der Waals surface area contributed by atoms with Crippen molar-refractivity contribution in [2.24, 2.45) is 0 Å². The molecule has 1 fully saturated rings. The molecule has 0 atom stereocenters. The van der Waals surface area contributed by atoms with Crippen molar-refractivity contribution < 1.29 is 19.1 Å². The molecule has 1 aliphatic carbocycles. The molecule has 2 N–H and O–H groups in total. The van der Waals surface area contributed by atoms with Gasteiger partial charge in [-0.15, -0.1) is 0 Å². The van der Waals surface area contributed by atoms with E-state index in [-0.39, 0.29) is 18.5 Å². The van der Waals surface area contributed by atoms with Crippen molar-refractivity contribution in [2.45, 2.75) is 25.4 Å². The lowest BCUT2D eigenvalue weighted by molar-refractivity contribution is -0.117. The molecule has 0 spiro atoms. The standard InChI is InChI=1S/C24H22N4O5/c29-22(25-17-4-1-15(2-5-17)24(31)26-18-6-7-18)14-28-23(30)10-8-19(27-28)16-3-9-20-21(13-16)33-12-11-32-20/h1-5,8-10,13,18H,6-7,11-12,14H2,(H,25,29)(H,26,31). The number of hydrogen-bond donors (Lipinski definition) is 2. The van der Waals surface area contributed by atoms with E-state index in [1.807, 2.05) is 6.07 Å². The van der Waals surface area contributed by atoms with Crippen molar-refractivity contribution in [2.75, 3.05) is 18.5 Å². The SMILES string of the molecule is O=C(Cn1nc(-c2ccc3c(c2)OCCO3)ccc1=O)Nc1ccc(C(=O)NC2CC2)cc1. The second-order valence-electron chi connectivity index (χ2n) is 7.95. The molecule has 3 aromatic rings. The van der Waals surface area contributed by atoms with Gasteiger partial charge in [0.15, 0.2) is 11.5 Å². The maximum absolute atomic E-state index is 12.5. The molecule has 168 valence electrons. The van der Waals surface area contributed by atoms with E-state index in [1.165, 1.54) is 6.07 Å². The Morgan fingerprint density at radius 2 is 1.73 bits per heavy atom. The van der Waals surface area contributed by atoms with Crippen LogP contribution in [0.3, 0.4) is 0 Å².